The van der Waals surface area contributed by atoms with Crippen molar-refractivity contribution in [3.8, 4) is 0 Å². The maximum absolute atomic E-state index is 12.7. The molecule has 1 amide bonds. The second-order valence-electron chi connectivity index (χ2n) is 6.68. The van der Waals surface area contributed by atoms with Gasteiger partial charge < -0.3 is 10.6 Å². The minimum Gasteiger partial charge on any atom is -0.324 e. The maximum atomic E-state index is 12.7. The van der Waals surface area contributed by atoms with Gasteiger partial charge in [0.25, 0.3) is 5.91 Å². The highest BCUT2D eigenvalue weighted by Gasteiger charge is 2.13. The molecule has 3 rings (SSSR count). The number of aromatic nitrogens is 2. The highest BCUT2D eigenvalue weighted by atomic mass is 16.1. The Balaban J connectivity index is 1.85. The standard InChI is InChI=1S/C22H24N4O/c1-5-17-8-6-7-9-19(17)25-21(27)20-13-16(4)23-22(26-20)24-18-11-14(2)10-15(3)12-18/h6-13H,5H2,1-4H3,(H,25,27)(H,23,24,26). The second kappa shape index (κ2) is 7.99. The Labute approximate surface area is 159 Å². The van der Waals surface area contributed by atoms with Crippen LogP contribution in [0.1, 0.15) is 39.8 Å². The van der Waals surface area contributed by atoms with Gasteiger partial charge in [0.2, 0.25) is 5.95 Å². The Bertz CT molecular complexity index is 962. The molecule has 0 aliphatic carbocycles. The molecule has 27 heavy (non-hydrogen) atoms. The fourth-order valence-electron chi connectivity index (χ4n) is 3.05. The van der Waals surface area contributed by atoms with Crippen molar-refractivity contribution in [2.45, 2.75) is 34.1 Å². The molecule has 0 saturated carbocycles. The van der Waals surface area contributed by atoms with Gasteiger partial charge in [-0.15, -0.1) is 0 Å². The molecule has 0 fully saturated rings. The van der Waals surface area contributed by atoms with Gasteiger partial charge in [-0.05, 0) is 68.1 Å². The third-order valence-electron chi connectivity index (χ3n) is 4.21. The summed E-state index contributed by atoms with van der Waals surface area (Å²) in [5, 5.41) is 6.16. The normalized spacial score (nSPS) is 10.5. The molecule has 2 N–H and O–H groups in total. The highest BCUT2D eigenvalue weighted by molar-refractivity contribution is 6.03. The fourth-order valence-corrected chi connectivity index (χ4v) is 3.05. The summed E-state index contributed by atoms with van der Waals surface area (Å²) in [7, 11) is 0. The summed E-state index contributed by atoms with van der Waals surface area (Å²) in [6, 6.07) is 15.6. The summed E-state index contributed by atoms with van der Waals surface area (Å²) in [4.78, 5) is 21.5. The molecule has 0 unspecified atom stereocenters. The number of hydrogen-bond acceptors (Lipinski definition) is 4. The van der Waals surface area contributed by atoms with E-state index in [1.165, 1.54) is 0 Å². The zero-order chi connectivity index (χ0) is 19.4. The number of aryl methyl sites for hydroxylation is 4. The second-order valence-corrected chi connectivity index (χ2v) is 6.68. The summed E-state index contributed by atoms with van der Waals surface area (Å²) < 4.78 is 0. The Morgan fingerprint density at radius 3 is 2.37 bits per heavy atom. The average Bonchev–Trinajstić information content (AvgIpc) is 2.60. The fraction of sp³-hybridized carbons (Fsp3) is 0.227. The summed E-state index contributed by atoms with van der Waals surface area (Å²) in [5.41, 5.74) is 6.17. The molecule has 0 atom stereocenters. The molecule has 0 bridgehead atoms. The number of carbonyl (C=O) groups excluding carboxylic acids is 1. The predicted molar refractivity (Wildman–Crippen MR) is 110 cm³/mol. The highest BCUT2D eigenvalue weighted by Crippen LogP contribution is 2.19. The van der Waals surface area contributed by atoms with Crippen molar-refractivity contribution in [2.24, 2.45) is 0 Å². The van der Waals surface area contributed by atoms with Crippen LogP contribution in [0.15, 0.2) is 48.5 Å². The molecule has 0 aliphatic rings. The third kappa shape index (κ3) is 4.70. The Hall–Kier alpha value is -3.21. The number of rotatable bonds is 5. The Morgan fingerprint density at radius 2 is 1.67 bits per heavy atom. The van der Waals surface area contributed by atoms with Gasteiger partial charge in [-0.3, -0.25) is 4.79 Å². The van der Waals surface area contributed by atoms with E-state index in [0.29, 0.717) is 11.6 Å². The van der Waals surface area contributed by atoms with E-state index in [2.05, 4.69) is 33.6 Å². The molecule has 0 saturated heterocycles. The summed E-state index contributed by atoms with van der Waals surface area (Å²) in [6.45, 7) is 8.00. The van der Waals surface area contributed by atoms with Crippen LogP contribution in [0.5, 0.6) is 0 Å². The van der Waals surface area contributed by atoms with Crippen LogP contribution in [0.2, 0.25) is 0 Å². The molecule has 1 aromatic heterocycles. The van der Waals surface area contributed by atoms with Gasteiger partial charge in [-0.2, -0.15) is 0 Å². The first-order chi connectivity index (χ1) is 12.9. The molecule has 0 radical (unpaired) electrons. The molecule has 5 heteroatoms. The number of anilines is 3. The molecular weight excluding hydrogens is 336 g/mol. The van der Waals surface area contributed by atoms with E-state index in [1.807, 2.05) is 57.2 Å². The quantitative estimate of drug-likeness (QED) is 0.675. The van der Waals surface area contributed by atoms with Gasteiger partial charge in [0.1, 0.15) is 5.69 Å². The minimum absolute atomic E-state index is 0.245. The number of hydrogen-bond donors (Lipinski definition) is 2. The van der Waals surface area contributed by atoms with Crippen molar-refractivity contribution < 1.29 is 4.79 Å². The zero-order valence-electron chi connectivity index (χ0n) is 16.1. The van der Waals surface area contributed by atoms with E-state index < -0.39 is 0 Å². The van der Waals surface area contributed by atoms with Gasteiger partial charge in [-0.25, -0.2) is 9.97 Å². The van der Waals surface area contributed by atoms with Gasteiger partial charge in [-0.1, -0.05) is 31.2 Å². The van der Waals surface area contributed by atoms with E-state index in [9.17, 15) is 4.79 Å². The zero-order valence-corrected chi connectivity index (χ0v) is 16.1. The van der Waals surface area contributed by atoms with Crippen molar-refractivity contribution in [2.75, 3.05) is 10.6 Å². The first kappa shape index (κ1) is 18.6. The Kier molecular flexibility index (Phi) is 5.50. The molecular formula is C22H24N4O. The largest absolute Gasteiger partial charge is 0.324 e. The van der Waals surface area contributed by atoms with Crippen LogP contribution in [-0.2, 0) is 6.42 Å². The van der Waals surface area contributed by atoms with Crippen LogP contribution in [0.4, 0.5) is 17.3 Å². The van der Waals surface area contributed by atoms with Gasteiger partial charge >= 0.3 is 0 Å². The number of nitrogens with one attached hydrogen (secondary N) is 2. The number of nitrogens with zero attached hydrogens (tertiary/aromatic N) is 2. The number of amides is 1. The van der Waals surface area contributed by atoms with Crippen molar-refractivity contribution in [1.82, 2.24) is 9.97 Å². The van der Waals surface area contributed by atoms with Crippen molar-refractivity contribution >= 4 is 23.2 Å². The Morgan fingerprint density at radius 1 is 0.963 bits per heavy atom. The van der Waals surface area contributed by atoms with E-state index in [1.54, 1.807) is 6.07 Å². The van der Waals surface area contributed by atoms with E-state index >= 15 is 0 Å². The average molecular weight is 360 g/mol. The van der Waals surface area contributed by atoms with Crippen LogP contribution in [-0.4, -0.2) is 15.9 Å². The molecule has 3 aromatic rings. The van der Waals surface area contributed by atoms with Gasteiger partial charge in [0, 0.05) is 17.1 Å². The lowest BCUT2D eigenvalue weighted by atomic mass is 10.1. The molecule has 2 aromatic carbocycles. The van der Waals surface area contributed by atoms with Crippen LogP contribution < -0.4 is 10.6 Å². The smallest absolute Gasteiger partial charge is 0.274 e. The van der Waals surface area contributed by atoms with Crippen molar-refractivity contribution in [1.29, 1.82) is 0 Å². The summed E-state index contributed by atoms with van der Waals surface area (Å²) in [6.07, 6.45) is 0.846. The summed E-state index contributed by atoms with van der Waals surface area (Å²) >= 11 is 0. The van der Waals surface area contributed by atoms with E-state index in [0.717, 1.165) is 40.2 Å². The minimum atomic E-state index is -0.245. The summed E-state index contributed by atoms with van der Waals surface area (Å²) in [5.74, 6) is 0.166. The topological polar surface area (TPSA) is 66.9 Å². The van der Waals surface area contributed by atoms with Crippen LogP contribution in [0.25, 0.3) is 0 Å². The number of para-hydroxylation sites is 1. The number of carbonyl (C=O) groups is 1. The van der Waals surface area contributed by atoms with Crippen LogP contribution >= 0.6 is 0 Å². The maximum Gasteiger partial charge on any atom is 0.274 e. The third-order valence-corrected chi connectivity index (χ3v) is 4.21. The van der Waals surface area contributed by atoms with E-state index in [4.69, 9.17) is 0 Å². The lowest BCUT2D eigenvalue weighted by Gasteiger charge is -2.11. The van der Waals surface area contributed by atoms with Gasteiger partial charge in [0.15, 0.2) is 0 Å². The van der Waals surface area contributed by atoms with Crippen LogP contribution in [0.3, 0.4) is 0 Å². The first-order valence-corrected chi connectivity index (χ1v) is 9.05. The molecule has 0 aliphatic heterocycles. The molecule has 0 spiro atoms. The number of benzene rings is 2. The molecule has 5 nitrogen and oxygen atoms in total. The lowest BCUT2D eigenvalue weighted by molar-refractivity contribution is 0.102. The molecule has 1 heterocycles. The molecule has 138 valence electrons. The monoisotopic (exact) mass is 360 g/mol. The SMILES string of the molecule is CCc1ccccc1NC(=O)c1cc(C)nc(Nc2cc(C)cc(C)c2)n1. The van der Waals surface area contributed by atoms with E-state index in [-0.39, 0.29) is 5.91 Å². The van der Waals surface area contributed by atoms with Crippen molar-refractivity contribution in [3.05, 3.63) is 76.6 Å². The van der Waals surface area contributed by atoms with Crippen molar-refractivity contribution in [3.63, 3.8) is 0 Å². The van der Waals surface area contributed by atoms with Crippen LogP contribution in [0, 0.1) is 20.8 Å². The van der Waals surface area contributed by atoms with Gasteiger partial charge in [0.05, 0.1) is 0 Å². The lowest BCUT2D eigenvalue weighted by Crippen LogP contribution is -2.16. The first-order valence-electron chi connectivity index (χ1n) is 9.05. The predicted octanol–water partition coefficient (Wildman–Crippen LogP) is 4.96.